The van der Waals surface area contributed by atoms with Crippen LogP contribution in [0, 0.1) is 0 Å². The molecule has 3 heterocycles. The highest BCUT2D eigenvalue weighted by molar-refractivity contribution is 6.31. The molecule has 5 aliphatic rings. The Kier molecular flexibility index (Phi) is 8.44. The second kappa shape index (κ2) is 12.3. The first kappa shape index (κ1) is 32.9. The predicted molar refractivity (Wildman–Crippen MR) is 164 cm³/mol. The number of aromatic hydroxyl groups is 2. The number of hydrogen-bond acceptors (Lipinski definition) is 14. The van der Waals surface area contributed by atoms with Crippen molar-refractivity contribution in [2.75, 3.05) is 40.5 Å². The molecular weight excluding hydrogens is 630 g/mol. The van der Waals surface area contributed by atoms with Gasteiger partial charge < -0.3 is 54.8 Å². The van der Waals surface area contributed by atoms with Crippen molar-refractivity contribution in [2.24, 2.45) is 5.73 Å². The van der Waals surface area contributed by atoms with Gasteiger partial charge in [-0.3, -0.25) is 19.3 Å². The van der Waals surface area contributed by atoms with Crippen LogP contribution < -0.4 is 15.8 Å². The van der Waals surface area contributed by atoms with Crippen molar-refractivity contribution in [2.45, 2.75) is 74.9 Å². The van der Waals surface area contributed by atoms with Gasteiger partial charge in [0.05, 0.1) is 42.6 Å². The molecule has 7 rings (SSSR count). The normalized spacial score (nSPS) is 32.5. The van der Waals surface area contributed by atoms with Gasteiger partial charge in [-0.15, -0.1) is 0 Å². The minimum Gasteiger partial charge on any atom is -0.507 e. The number of phenols is 2. The lowest BCUT2D eigenvalue weighted by molar-refractivity contribution is -0.256. The fourth-order valence-corrected chi connectivity index (χ4v) is 7.85. The van der Waals surface area contributed by atoms with Gasteiger partial charge in [-0.05, 0) is 13.0 Å². The van der Waals surface area contributed by atoms with Crippen LogP contribution in [0.15, 0.2) is 18.2 Å². The molecule has 2 aromatic rings. The van der Waals surface area contributed by atoms with Crippen molar-refractivity contribution < 1.29 is 58.1 Å². The average molecular weight is 670 g/mol. The Labute approximate surface area is 275 Å². The topological polar surface area (TPSA) is 209 Å². The average Bonchev–Trinajstić information content (AvgIpc) is 3.46. The smallest absolute Gasteiger partial charge is 0.252 e. The Balaban J connectivity index is 1.29. The zero-order chi connectivity index (χ0) is 34.1. The number of carbonyl (C=O) groups is 3. The van der Waals surface area contributed by atoms with E-state index >= 15 is 0 Å². The molecule has 0 bridgehead atoms. The van der Waals surface area contributed by atoms with E-state index in [1.807, 2.05) is 6.92 Å². The molecule has 258 valence electrons. The Morgan fingerprint density at radius 1 is 1.12 bits per heavy atom. The zero-order valence-electron chi connectivity index (χ0n) is 26.8. The van der Waals surface area contributed by atoms with Gasteiger partial charge >= 0.3 is 0 Å². The number of fused-ring (bicyclic) bond motifs is 6. The zero-order valence-corrected chi connectivity index (χ0v) is 26.8. The van der Waals surface area contributed by atoms with Crippen molar-refractivity contribution in [3.05, 3.63) is 51.6 Å². The number of ether oxygens (including phenoxy) is 6. The molecule has 6 N–H and O–H groups in total. The Morgan fingerprint density at radius 2 is 1.90 bits per heavy atom. The van der Waals surface area contributed by atoms with Gasteiger partial charge in [0.2, 0.25) is 5.78 Å². The van der Waals surface area contributed by atoms with Gasteiger partial charge in [0.15, 0.2) is 24.6 Å². The molecule has 0 saturated carbocycles. The van der Waals surface area contributed by atoms with Gasteiger partial charge in [0, 0.05) is 68.7 Å². The maximum Gasteiger partial charge on any atom is 0.252 e. The summed E-state index contributed by atoms with van der Waals surface area (Å²) in [5.41, 5.74) is 2.41. The minimum atomic E-state index is -2.14. The molecule has 3 aliphatic heterocycles. The molecule has 0 aromatic heterocycles. The van der Waals surface area contributed by atoms with E-state index in [9.17, 15) is 29.7 Å². The van der Waals surface area contributed by atoms with Crippen LogP contribution in [0.3, 0.4) is 0 Å². The first-order valence-electron chi connectivity index (χ1n) is 16.0. The van der Waals surface area contributed by atoms with Gasteiger partial charge in [0.1, 0.15) is 29.0 Å². The van der Waals surface area contributed by atoms with E-state index < -0.39 is 83.1 Å². The lowest BCUT2D eigenvalue weighted by Crippen LogP contribution is -2.55. The quantitative estimate of drug-likeness (QED) is 0.213. The lowest BCUT2D eigenvalue weighted by Gasteiger charge is -2.43. The van der Waals surface area contributed by atoms with Gasteiger partial charge in [-0.2, -0.15) is 0 Å². The first-order chi connectivity index (χ1) is 23.0. The summed E-state index contributed by atoms with van der Waals surface area (Å²) in [6.07, 6.45) is -4.54. The van der Waals surface area contributed by atoms with E-state index in [-0.39, 0.29) is 59.7 Å². The Hall–Kier alpha value is -3.67. The molecule has 15 nitrogen and oxygen atoms in total. The fraction of sp³-hybridized carbons (Fsp3) is 0.545. The molecular formula is C33H39N3O12. The minimum absolute atomic E-state index is 0.0175. The fourth-order valence-electron chi connectivity index (χ4n) is 7.85. The van der Waals surface area contributed by atoms with Crippen LogP contribution in [0.2, 0.25) is 0 Å². The summed E-state index contributed by atoms with van der Waals surface area (Å²) in [5.74, 6) is -3.32. The second-order valence-corrected chi connectivity index (χ2v) is 12.7. The van der Waals surface area contributed by atoms with Crippen LogP contribution in [-0.2, 0) is 34.9 Å². The number of morpholine rings is 1. The number of nitrogens with one attached hydrogen (secondary N) is 1. The van der Waals surface area contributed by atoms with Crippen LogP contribution in [0.4, 0.5) is 0 Å². The van der Waals surface area contributed by atoms with Gasteiger partial charge in [0.25, 0.3) is 5.91 Å². The first-order valence-corrected chi connectivity index (χ1v) is 16.0. The third-order valence-corrected chi connectivity index (χ3v) is 10.0. The number of carbonyl (C=O) groups excluding carboxylic acids is 3. The summed E-state index contributed by atoms with van der Waals surface area (Å²) < 4.78 is 35.6. The van der Waals surface area contributed by atoms with E-state index in [0.717, 1.165) is 0 Å². The second-order valence-electron chi connectivity index (χ2n) is 12.7. The van der Waals surface area contributed by atoms with Crippen LogP contribution in [0.5, 0.6) is 17.2 Å². The predicted octanol–water partition coefficient (Wildman–Crippen LogP) is 0.225. The number of benzene rings is 2. The van der Waals surface area contributed by atoms with Crippen molar-refractivity contribution in [3.63, 3.8) is 0 Å². The Morgan fingerprint density at radius 3 is 2.62 bits per heavy atom. The molecule has 0 radical (unpaired) electrons. The summed E-state index contributed by atoms with van der Waals surface area (Å²) in [5, 5.41) is 37.9. The lowest BCUT2D eigenvalue weighted by atomic mass is 9.72. The molecule has 48 heavy (non-hydrogen) atoms. The van der Waals surface area contributed by atoms with Gasteiger partial charge in [-0.1, -0.05) is 12.1 Å². The summed E-state index contributed by atoms with van der Waals surface area (Å²) >= 11 is 0. The number of aliphatic hydroxyl groups is 1. The highest BCUT2D eigenvalue weighted by atomic mass is 16.7. The maximum atomic E-state index is 14.0. The monoisotopic (exact) mass is 669 g/mol. The van der Waals surface area contributed by atoms with Crippen LogP contribution in [0.1, 0.15) is 68.8 Å². The molecule has 0 unspecified atom stereocenters. The molecule has 15 heteroatoms. The number of nitrogens with zero attached hydrogens (tertiary/aromatic N) is 1. The molecule has 8 atom stereocenters. The van der Waals surface area contributed by atoms with Crippen LogP contribution in [-0.4, -0.2) is 121 Å². The molecule has 3 saturated heterocycles. The van der Waals surface area contributed by atoms with Crippen molar-refractivity contribution in [1.29, 1.82) is 0 Å². The number of phenolic OH excluding ortho intramolecular Hbond substituents is 2. The summed E-state index contributed by atoms with van der Waals surface area (Å²) in [7, 11) is 2.90. The maximum absolute atomic E-state index is 14.0. The summed E-state index contributed by atoms with van der Waals surface area (Å²) in [4.78, 5) is 43.2. The molecule has 0 spiro atoms. The van der Waals surface area contributed by atoms with E-state index in [1.165, 1.54) is 25.3 Å². The highest BCUT2D eigenvalue weighted by Crippen LogP contribution is 2.53. The Bertz CT molecular complexity index is 1670. The third kappa shape index (κ3) is 4.99. The molecule has 1 amide bonds. The van der Waals surface area contributed by atoms with Crippen LogP contribution >= 0.6 is 0 Å². The van der Waals surface area contributed by atoms with Crippen molar-refractivity contribution >= 4 is 17.5 Å². The van der Waals surface area contributed by atoms with Crippen molar-refractivity contribution in [1.82, 2.24) is 10.2 Å². The SMILES string of the molecule is COc1cccc2c1C(=O)c1c(O)c3c(c(O)c1C2=O)C[C@@](O)(C(=O)NCCN)C[C@@H]3O[C@H]1C[C@H]2[C@H](O[C@@H]3[C@@H](OC)OCCN32)[C@H](C)O1. The third-order valence-electron chi connectivity index (χ3n) is 10.0. The van der Waals surface area contributed by atoms with E-state index in [1.54, 1.807) is 7.11 Å². The molecule has 3 fully saturated rings. The number of nitrogens with two attached hydrogens (primary N) is 1. The van der Waals surface area contributed by atoms with Crippen molar-refractivity contribution in [3.8, 4) is 17.2 Å². The van der Waals surface area contributed by atoms with Gasteiger partial charge in [-0.25, -0.2) is 0 Å². The number of rotatable bonds is 7. The highest BCUT2D eigenvalue weighted by Gasteiger charge is 2.55. The number of methoxy groups -OCH3 is 2. The van der Waals surface area contributed by atoms with Crippen LogP contribution in [0.25, 0.3) is 0 Å². The summed E-state index contributed by atoms with van der Waals surface area (Å²) in [6, 6.07) is 4.32. The number of ketones is 2. The summed E-state index contributed by atoms with van der Waals surface area (Å²) in [6.45, 7) is 3.04. The van der Waals surface area contributed by atoms with E-state index in [0.29, 0.717) is 19.6 Å². The standard InChI is InChI=1S/C33H39N3O12/c1-14-29-17(36-9-10-45-31(44-3)30(36)48-29)11-20(46-14)47-19-13-33(42,32(41)35-8-7-34)12-16-22(19)28(40)24-23(26(16)38)25(37)15-5-4-6-18(43-2)21(15)27(24)39/h4-6,14,17,19-20,29-31,38,40,42H,7-13,34H2,1-3H3,(H,35,41)/t14-,17-,19-,20-,29+,30+,31-,33-/m0/s1. The molecule has 2 aliphatic carbocycles. The van der Waals surface area contributed by atoms with E-state index in [2.05, 4.69) is 10.2 Å². The number of amides is 1. The van der Waals surface area contributed by atoms with E-state index in [4.69, 9.17) is 34.2 Å². The number of hydrogen-bond donors (Lipinski definition) is 5. The largest absolute Gasteiger partial charge is 0.507 e. The molecule has 2 aromatic carbocycles.